The van der Waals surface area contributed by atoms with Crippen LogP contribution in [0.2, 0.25) is 0 Å². The molecule has 2 N–H and O–H groups in total. The topological polar surface area (TPSA) is 50.4 Å². The molecule has 1 unspecified atom stereocenters. The number of benzene rings is 1. The molecule has 1 aliphatic rings. The quantitative estimate of drug-likeness (QED) is 0.916. The lowest BCUT2D eigenvalue weighted by Gasteiger charge is -2.24. The third-order valence-corrected chi connectivity index (χ3v) is 4.69. The van der Waals surface area contributed by atoms with Crippen LogP contribution in [0.3, 0.4) is 0 Å². The zero-order valence-corrected chi connectivity index (χ0v) is 13.1. The Labute approximate surface area is 128 Å². The van der Waals surface area contributed by atoms with Crippen LogP contribution in [0.25, 0.3) is 10.1 Å². The molecule has 1 atom stereocenters. The number of rotatable bonds is 3. The van der Waals surface area contributed by atoms with E-state index in [-0.39, 0.29) is 18.1 Å². The van der Waals surface area contributed by atoms with Gasteiger partial charge < -0.3 is 15.4 Å². The number of thiophene rings is 1. The lowest BCUT2D eigenvalue weighted by Crippen LogP contribution is -2.35. The molecule has 4 nitrogen and oxygen atoms in total. The molecular weight excluding hydrogens is 284 g/mol. The molecule has 0 aliphatic carbocycles. The Bertz CT molecular complexity index is 645. The van der Waals surface area contributed by atoms with Crippen LogP contribution in [-0.2, 0) is 4.74 Å². The summed E-state index contributed by atoms with van der Waals surface area (Å²) in [4.78, 5) is 13.3. The van der Waals surface area contributed by atoms with E-state index in [1.165, 1.54) is 0 Å². The summed E-state index contributed by atoms with van der Waals surface area (Å²) in [7, 11) is 0. The van der Waals surface area contributed by atoms with E-state index in [1.807, 2.05) is 26.0 Å². The summed E-state index contributed by atoms with van der Waals surface area (Å²) in [6.07, 6.45) is -0.0530. The van der Waals surface area contributed by atoms with Gasteiger partial charge in [0.25, 0.3) is 5.91 Å². The van der Waals surface area contributed by atoms with Gasteiger partial charge in [0.1, 0.15) is 0 Å². The number of nitrogens with one attached hydrogen (secondary N) is 2. The van der Waals surface area contributed by atoms with Gasteiger partial charge in [-0.3, -0.25) is 4.79 Å². The van der Waals surface area contributed by atoms with Crippen molar-refractivity contribution >= 4 is 27.3 Å². The first kappa shape index (κ1) is 14.5. The van der Waals surface area contributed by atoms with Gasteiger partial charge in [-0.1, -0.05) is 18.2 Å². The van der Waals surface area contributed by atoms with Crippen molar-refractivity contribution in [2.75, 3.05) is 19.7 Å². The maximum Gasteiger partial charge on any atom is 0.261 e. The smallest absolute Gasteiger partial charge is 0.261 e. The third kappa shape index (κ3) is 2.95. The second-order valence-corrected chi connectivity index (χ2v) is 6.58. The molecule has 0 bridgehead atoms. The molecule has 1 aromatic carbocycles. The second kappa shape index (κ2) is 6.13. The Kier molecular flexibility index (Phi) is 4.24. The average molecular weight is 304 g/mol. The van der Waals surface area contributed by atoms with Crippen molar-refractivity contribution in [1.29, 1.82) is 0 Å². The van der Waals surface area contributed by atoms with E-state index in [1.54, 1.807) is 11.3 Å². The van der Waals surface area contributed by atoms with Crippen molar-refractivity contribution < 1.29 is 9.53 Å². The van der Waals surface area contributed by atoms with Gasteiger partial charge >= 0.3 is 0 Å². The largest absolute Gasteiger partial charge is 0.371 e. The number of carbonyl (C=O) groups is 1. The van der Waals surface area contributed by atoms with Crippen LogP contribution in [0.4, 0.5) is 0 Å². The number of fused-ring (bicyclic) bond motifs is 1. The Morgan fingerprint density at radius 1 is 1.43 bits per heavy atom. The van der Waals surface area contributed by atoms with Gasteiger partial charge in [0.2, 0.25) is 0 Å². The predicted molar refractivity (Wildman–Crippen MR) is 86.0 cm³/mol. The number of morpholine rings is 1. The molecule has 1 saturated heterocycles. The summed E-state index contributed by atoms with van der Waals surface area (Å²) in [5.41, 5.74) is 1.03. The SMILES string of the molecule is CC(C)NC(=O)c1sc2ccccc2c1C1CNCCO1. The first-order valence-corrected chi connectivity index (χ1v) is 8.13. The summed E-state index contributed by atoms with van der Waals surface area (Å²) in [6, 6.07) is 8.28. The third-order valence-electron chi connectivity index (χ3n) is 3.51. The van der Waals surface area contributed by atoms with Gasteiger partial charge in [-0.2, -0.15) is 0 Å². The van der Waals surface area contributed by atoms with Crippen LogP contribution in [0, 0.1) is 0 Å². The van der Waals surface area contributed by atoms with E-state index < -0.39 is 0 Å². The fourth-order valence-electron chi connectivity index (χ4n) is 2.63. The van der Waals surface area contributed by atoms with Gasteiger partial charge in [-0.25, -0.2) is 0 Å². The van der Waals surface area contributed by atoms with Crippen molar-refractivity contribution in [3.8, 4) is 0 Å². The molecule has 1 fully saturated rings. The first-order valence-electron chi connectivity index (χ1n) is 7.31. The van der Waals surface area contributed by atoms with Crippen molar-refractivity contribution in [2.45, 2.75) is 26.0 Å². The summed E-state index contributed by atoms with van der Waals surface area (Å²) < 4.78 is 7.03. The zero-order valence-electron chi connectivity index (χ0n) is 12.3. The molecule has 21 heavy (non-hydrogen) atoms. The molecule has 3 rings (SSSR count). The molecule has 1 amide bonds. The van der Waals surface area contributed by atoms with Gasteiger partial charge in [0.05, 0.1) is 17.6 Å². The van der Waals surface area contributed by atoms with Crippen LogP contribution in [0.1, 0.15) is 35.2 Å². The number of amides is 1. The van der Waals surface area contributed by atoms with E-state index in [0.29, 0.717) is 6.61 Å². The maximum atomic E-state index is 12.5. The molecule has 0 saturated carbocycles. The molecule has 1 aromatic heterocycles. The highest BCUT2D eigenvalue weighted by molar-refractivity contribution is 7.21. The fourth-order valence-corrected chi connectivity index (χ4v) is 3.79. The van der Waals surface area contributed by atoms with Gasteiger partial charge in [-0.15, -0.1) is 11.3 Å². The second-order valence-electron chi connectivity index (χ2n) is 5.53. The molecule has 112 valence electrons. The van der Waals surface area contributed by atoms with Crippen molar-refractivity contribution in [2.24, 2.45) is 0 Å². The molecule has 0 radical (unpaired) electrons. The summed E-state index contributed by atoms with van der Waals surface area (Å²) in [5.74, 6) is -0.00428. The fraction of sp³-hybridized carbons (Fsp3) is 0.438. The highest BCUT2D eigenvalue weighted by Gasteiger charge is 2.27. The Morgan fingerprint density at radius 2 is 2.24 bits per heavy atom. The molecule has 1 aliphatic heterocycles. The van der Waals surface area contributed by atoms with Gasteiger partial charge in [0.15, 0.2) is 0 Å². The van der Waals surface area contributed by atoms with Crippen molar-refractivity contribution in [3.05, 3.63) is 34.7 Å². The molecule has 5 heteroatoms. The molecule has 2 aromatic rings. The number of carbonyl (C=O) groups excluding carboxylic acids is 1. The summed E-state index contributed by atoms with van der Waals surface area (Å²) in [5, 5.41) is 7.47. The van der Waals surface area contributed by atoms with Crippen LogP contribution in [-0.4, -0.2) is 31.6 Å². The lowest BCUT2D eigenvalue weighted by atomic mass is 10.0. The first-order chi connectivity index (χ1) is 10.2. The molecule has 0 spiro atoms. The lowest BCUT2D eigenvalue weighted by molar-refractivity contribution is 0.0282. The molecular formula is C16H20N2O2S. The van der Waals surface area contributed by atoms with E-state index >= 15 is 0 Å². The minimum Gasteiger partial charge on any atom is -0.371 e. The zero-order chi connectivity index (χ0) is 14.8. The van der Waals surface area contributed by atoms with Crippen LogP contribution < -0.4 is 10.6 Å². The maximum absolute atomic E-state index is 12.5. The van der Waals surface area contributed by atoms with Crippen molar-refractivity contribution in [3.63, 3.8) is 0 Å². The monoisotopic (exact) mass is 304 g/mol. The normalized spacial score (nSPS) is 19.1. The van der Waals surface area contributed by atoms with Crippen LogP contribution >= 0.6 is 11.3 Å². The average Bonchev–Trinajstić information content (AvgIpc) is 2.87. The van der Waals surface area contributed by atoms with Crippen molar-refractivity contribution in [1.82, 2.24) is 10.6 Å². The predicted octanol–water partition coefficient (Wildman–Crippen LogP) is 2.70. The van der Waals surface area contributed by atoms with Crippen LogP contribution in [0.15, 0.2) is 24.3 Å². The van der Waals surface area contributed by atoms with E-state index in [2.05, 4.69) is 22.8 Å². The molecule has 2 heterocycles. The number of ether oxygens (including phenoxy) is 1. The van der Waals surface area contributed by atoms with E-state index in [0.717, 1.165) is 33.6 Å². The Balaban J connectivity index is 2.07. The van der Waals surface area contributed by atoms with E-state index in [4.69, 9.17) is 4.74 Å². The minimum atomic E-state index is -0.0530. The van der Waals surface area contributed by atoms with Crippen LogP contribution in [0.5, 0.6) is 0 Å². The van der Waals surface area contributed by atoms with Gasteiger partial charge in [-0.05, 0) is 25.3 Å². The number of hydrogen-bond donors (Lipinski definition) is 2. The Morgan fingerprint density at radius 3 is 2.95 bits per heavy atom. The minimum absolute atomic E-state index is 0.00428. The summed E-state index contributed by atoms with van der Waals surface area (Å²) in [6.45, 7) is 6.25. The standard InChI is InChI=1S/C16H20N2O2S/c1-10(2)18-16(19)15-14(12-9-17-7-8-20-12)11-5-3-4-6-13(11)21-15/h3-6,10,12,17H,7-9H2,1-2H3,(H,18,19). The number of hydrogen-bond acceptors (Lipinski definition) is 4. The van der Waals surface area contributed by atoms with Gasteiger partial charge in [0, 0.05) is 29.4 Å². The highest BCUT2D eigenvalue weighted by atomic mass is 32.1. The Hall–Kier alpha value is -1.43. The summed E-state index contributed by atoms with van der Waals surface area (Å²) >= 11 is 1.55. The highest BCUT2D eigenvalue weighted by Crippen LogP contribution is 2.37. The van der Waals surface area contributed by atoms with E-state index in [9.17, 15) is 4.79 Å².